The number of benzene rings is 7. The van der Waals surface area contributed by atoms with E-state index in [0.29, 0.717) is 228 Å². The molecule has 7 aromatic carbocycles. The molecule has 7 aromatic rings. The first-order valence-electron chi connectivity index (χ1n) is 33.0. The van der Waals surface area contributed by atoms with Crippen LogP contribution < -0.4 is 56.8 Å². The molecule has 24 heteroatoms. The highest BCUT2D eigenvalue weighted by atomic mass is 16.6. The zero-order chi connectivity index (χ0) is 65.5. The van der Waals surface area contributed by atoms with Crippen LogP contribution in [0.4, 0.5) is 0 Å². The van der Waals surface area contributed by atoms with Crippen molar-refractivity contribution in [2.24, 2.45) is 0 Å². The summed E-state index contributed by atoms with van der Waals surface area (Å²) in [4.78, 5) is 0. The summed E-state index contributed by atoms with van der Waals surface area (Å²) in [6.45, 7) is 11.1. The third kappa shape index (κ3) is 23.6. The van der Waals surface area contributed by atoms with E-state index in [4.69, 9.17) is 114 Å². The van der Waals surface area contributed by atoms with E-state index in [1.807, 2.05) is 109 Å². The van der Waals surface area contributed by atoms with Crippen molar-refractivity contribution in [3.05, 3.63) is 109 Å². The third-order valence-corrected chi connectivity index (χ3v) is 14.7. The summed E-state index contributed by atoms with van der Waals surface area (Å²) in [5.74, 6) is 6.67. The van der Waals surface area contributed by atoms with Gasteiger partial charge in [-0.15, -0.1) is 0 Å². The zero-order valence-corrected chi connectivity index (χ0v) is 54.6. The molecule has 10 rings (SSSR count). The van der Waals surface area contributed by atoms with Crippen LogP contribution in [0.1, 0.15) is 0 Å². The predicted molar refractivity (Wildman–Crippen MR) is 354 cm³/mol. The lowest BCUT2D eigenvalue weighted by molar-refractivity contribution is 0.0223. The van der Waals surface area contributed by atoms with Gasteiger partial charge in [0.1, 0.15) is 79.3 Å². The fourth-order valence-electron chi connectivity index (χ4n) is 10.2. The maximum Gasteiger partial charge on any atom is 0.161 e. The minimum absolute atomic E-state index is 0.200. The number of hydrogen-bond acceptors (Lipinski definition) is 24. The number of rotatable bonds is 0. The Hall–Kier alpha value is -7.56. The van der Waals surface area contributed by atoms with Crippen LogP contribution in [0.2, 0.25) is 0 Å². The van der Waals surface area contributed by atoms with Gasteiger partial charge in [-0.3, -0.25) is 0 Å². The fraction of sp³-hybridized carbons (Fsp3) is 0.500. The van der Waals surface area contributed by atoms with Gasteiger partial charge in [0.2, 0.25) is 0 Å². The highest BCUT2D eigenvalue weighted by molar-refractivity contribution is 6.27. The van der Waals surface area contributed by atoms with Crippen LogP contribution in [0.3, 0.4) is 0 Å². The Morgan fingerprint density at radius 3 is 0.354 bits per heavy atom. The SMILES string of the molecule is c1ccc2c(c1)OCCOCCOCCOc1cc3c4cc5c(cc4c4cc6c(cc4c3cc1OCCOCCOCCO2)OCCOCCOCCOc1ccccc1OCCOCCOCCO6)OCCOCCOCCOc1ccccc1OCCOCCOCCO5. The molecule has 0 amide bonds. The normalized spacial score (nSPS) is 18.9. The van der Waals surface area contributed by atoms with Crippen molar-refractivity contribution >= 4 is 32.3 Å². The lowest BCUT2D eigenvalue weighted by Gasteiger charge is -2.21. The molecule has 0 fully saturated rings. The van der Waals surface area contributed by atoms with Crippen LogP contribution in [-0.4, -0.2) is 238 Å². The first-order valence-corrected chi connectivity index (χ1v) is 33.0. The lowest BCUT2D eigenvalue weighted by Crippen LogP contribution is -2.16. The van der Waals surface area contributed by atoms with E-state index in [1.54, 1.807) is 0 Å². The molecule has 96 heavy (non-hydrogen) atoms. The van der Waals surface area contributed by atoms with Gasteiger partial charge in [0.05, 0.1) is 159 Å². The summed E-state index contributed by atoms with van der Waals surface area (Å²) in [5.41, 5.74) is 0. The molecule has 3 aliphatic rings. The Morgan fingerprint density at radius 2 is 0.229 bits per heavy atom. The molecule has 0 saturated carbocycles. The highest BCUT2D eigenvalue weighted by Crippen LogP contribution is 2.47. The van der Waals surface area contributed by atoms with Gasteiger partial charge in [-0.2, -0.15) is 0 Å². The Labute approximate surface area is 559 Å². The standard InChI is InChI=1S/C72H90O24/c1-2-8-62-61(7-1)85-37-25-73-13-19-79-31-43-91-67-49-55-56(50-68(67)92-44-32-80-20-14-74-26-38-86-62)58-52-70-72(96-48-36-84-24-18-78-30-42-90-66-12-6-5-11-65(66)88-40-28-76-16-22-82-34-46-94-70)54-60(58)59-53-71-69(51-57(55)59)93-45-33-81-21-15-75-27-39-87-63-9-3-4-10-64(63)89-41-29-77-17-23-83-35-47-95-71/h1-12,49-54H,13-48H2. The summed E-state index contributed by atoms with van der Waals surface area (Å²) in [7, 11) is 0. The largest absolute Gasteiger partial charge is 0.487 e. The second-order valence-corrected chi connectivity index (χ2v) is 21.4. The van der Waals surface area contributed by atoms with E-state index in [1.165, 1.54) is 0 Å². The highest BCUT2D eigenvalue weighted by Gasteiger charge is 2.22. The molecule has 0 aliphatic carbocycles. The fourth-order valence-corrected chi connectivity index (χ4v) is 10.2. The van der Waals surface area contributed by atoms with Crippen molar-refractivity contribution in [1.29, 1.82) is 0 Å². The van der Waals surface area contributed by atoms with Gasteiger partial charge >= 0.3 is 0 Å². The molecule has 24 nitrogen and oxygen atoms in total. The van der Waals surface area contributed by atoms with Crippen molar-refractivity contribution in [2.45, 2.75) is 0 Å². The average Bonchev–Trinajstić information content (AvgIpc) is 0.728. The van der Waals surface area contributed by atoms with Gasteiger partial charge in [-0.25, -0.2) is 0 Å². The quantitative estimate of drug-likeness (QED) is 0.129. The van der Waals surface area contributed by atoms with Gasteiger partial charge in [0.25, 0.3) is 0 Å². The van der Waals surface area contributed by atoms with Gasteiger partial charge in [-0.1, -0.05) is 36.4 Å². The summed E-state index contributed by atoms with van der Waals surface area (Å²) in [6, 6.07) is 34.5. The van der Waals surface area contributed by atoms with Crippen molar-refractivity contribution in [3.8, 4) is 69.0 Å². The number of para-hydroxylation sites is 6. The summed E-state index contributed by atoms with van der Waals surface area (Å²) < 4.78 is 147. The van der Waals surface area contributed by atoms with Crippen molar-refractivity contribution in [1.82, 2.24) is 0 Å². The molecule has 0 radical (unpaired) electrons. The second kappa shape index (κ2) is 42.2. The van der Waals surface area contributed by atoms with E-state index >= 15 is 0 Å². The molecule has 0 aromatic heterocycles. The number of fused-ring (bicyclic) bond motifs is 12. The number of ether oxygens (including phenoxy) is 24. The Balaban J connectivity index is 0.933. The van der Waals surface area contributed by atoms with E-state index in [-0.39, 0.29) is 79.3 Å². The molecule has 3 heterocycles. The topological polar surface area (TPSA) is 222 Å². The monoisotopic (exact) mass is 1340 g/mol. The van der Waals surface area contributed by atoms with E-state index in [9.17, 15) is 0 Å². The van der Waals surface area contributed by atoms with Crippen molar-refractivity contribution in [2.75, 3.05) is 238 Å². The van der Waals surface area contributed by atoms with Crippen molar-refractivity contribution in [3.63, 3.8) is 0 Å². The first-order chi connectivity index (χ1) is 47.7. The smallest absolute Gasteiger partial charge is 0.161 e. The molecule has 3 aliphatic heterocycles. The van der Waals surface area contributed by atoms with Crippen molar-refractivity contribution < 1.29 is 114 Å². The molecule has 0 saturated heterocycles. The molecular weight excluding hydrogens is 1250 g/mol. The summed E-state index contributed by atoms with van der Waals surface area (Å²) in [6.07, 6.45) is 0. The average molecular weight is 1340 g/mol. The first kappa shape index (κ1) is 71.2. The molecule has 0 bridgehead atoms. The second-order valence-electron chi connectivity index (χ2n) is 21.4. The lowest BCUT2D eigenvalue weighted by atomic mass is 9.93. The van der Waals surface area contributed by atoms with Crippen LogP contribution in [-0.2, 0) is 56.8 Å². The van der Waals surface area contributed by atoms with E-state index in [0.717, 1.165) is 32.3 Å². The van der Waals surface area contributed by atoms with E-state index < -0.39 is 0 Å². The molecule has 0 unspecified atom stereocenters. The van der Waals surface area contributed by atoms with Crippen LogP contribution in [0.5, 0.6) is 69.0 Å². The molecule has 0 atom stereocenters. The zero-order valence-electron chi connectivity index (χ0n) is 54.6. The van der Waals surface area contributed by atoms with Crippen LogP contribution in [0.15, 0.2) is 109 Å². The van der Waals surface area contributed by atoms with Gasteiger partial charge in [0.15, 0.2) is 69.0 Å². The Bertz CT molecular complexity index is 2760. The molecular formula is C72H90O24. The van der Waals surface area contributed by atoms with Gasteiger partial charge in [0, 0.05) is 0 Å². The van der Waals surface area contributed by atoms with Gasteiger partial charge in [-0.05, 0) is 105 Å². The Morgan fingerprint density at radius 1 is 0.125 bits per heavy atom. The van der Waals surface area contributed by atoms with Crippen LogP contribution >= 0.6 is 0 Å². The predicted octanol–water partition coefficient (Wildman–Crippen LogP) is 9.03. The molecule has 0 spiro atoms. The Kier molecular flexibility index (Phi) is 31.3. The molecule has 0 N–H and O–H groups in total. The molecule has 522 valence electrons. The van der Waals surface area contributed by atoms with Crippen LogP contribution in [0.25, 0.3) is 32.3 Å². The third-order valence-electron chi connectivity index (χ3n) is 14.7. The van der Waals surface area contributed by atoms with Gasteiger partial charge < -0.3 is 114 Å². The minimum atomic E-state index is 0.200. The van der Waals surface area contributed by atoms with Crippen LogP contribution in [0, 0.1) is 0 Å². The summed E-state index contributed by atoms with van der Waals surface area (Å²) in [5, 5.41) is 4.92. The maximum atomic E-state index is 6.61. The maximum absolute atomic E-state index is 6.61. The summed E-state index contributed by atoms with van der Waals surface area (Å²) >= 11 is 0. The van der Waals surface area contributed by atoms with E-state index in [2.05, 4.69) is 0 Å². The minimum Gasteiger partial charge on any atom is -0.487 e. The number of hydrogen-bond donors (Lipinski definition) is 0.